The van der Waals surface area contributed by atoms with Crippen LogP contribution in [0.4, 0.5) is 0 Å². The van der Waals surface area contributed by atoms with Gasteiger partial charge in [0.1, 0.15) is 12.4 Å². The number of hydrogen-bond donors (Lipinski definition) is 0. The van der Waals surface area contributed by atoms with E-state index < -0.39 is 4.87 Å². The van der Waals surface area contributed by atoms with Crippen molar-refractivity contribution in [2.45, 2.75) is 53.0 Å². The molecule has 0 aliphatic heterocycles. The van der Waals surface area contributed by atoms with E-state index in [0.717, 1.165) is 16.9 Å². The maximum absolute atomic E-state index is 7.20. The summed E-state index contributed by atoms with van der Waals surface area (Å²) in [5.74, 6) is 0.865. The molecule has 2 heteroatoms. The molecule has 0 amide bonds. The summed E-state index contributed by atoms with van der Waals surface area (Å²) >= 11 is 7.20. The van der Waals surface area contributed by atoms with Crippen LogP contribution in [0.2, 0.25) is 0 Å². The van der Waals surface area contributed by atoms with Gasteiger partial charge in [-0.1, -0.05) is 84.0 Å². The van der Waals surface area contributed by atoms with Gasteiger partial charge in [-0.15, -0.1) is 11.6 Å². The van der Waals surface area contributed by atoms with Crippen molar-refractivity contribution in [1.29, 1.82) is 0 Å². The van der Waals surface area contributed by atoms with Crippen molar-refractivity contribution in [3.63, 3.8) is 0 Å². The van der Waals surface area contributed by atoms with Crippen LogP contribution in [0.5, 0.6) is 5.75 Å². The maximum atomic E-state index is 7.20. The molecule has 2 aromatic carbocycles. The van der Waals surface area contributed by atoms with E-state index in [1.165, 1.54) is 0 Å². The molecule has 0 fully saturated rings. The first-order valence-corrected chi connectivity index (χ1v) is 8.90. The number of halogens is 1. The highest BCUT2D eigenvalue weighted by Crippen LogP contribution is 2.56. The topological polar surface area (TPSA) is 9.23 Å². The Bertz CT molecular complexity index is 631. The Hall–Kier alpha value is -1.47. The van der Waals surface area contributed by atoms with Gasteiger partial charge in [-0.25, -0.2) is 0 Å². The third kappa shape index (κ3) is 3.78. The Morgan fingerprint density at radius 3 is 1.71 bits per heavy atom. The van der Waals surface area contributed by atoms with Gasteiger partial charge >= 0.3 is 0 Å². The van der Waals surface area contributed by atoms with E-state index in [1.54, 1.807) is 0 Å². The number of hydrogen-bond acceptors (Lipinski definition) is 1. The lowest BCUT2D eigenvalue weighted by Gasteiger charge is -2.49. The summed E-state index contributed by atoms with van der Waals surface area (Å²) in [4.78, 5) is -0.460. The second kappa shape index (κ2) is 6.80. The standard InChI is InChI=1S/C22H29ClO/c1-20(2,3)22(23,21(4,5)6)18-12-14-19(15-13-18)24-16-17-10-8-7-9-11-17/h7-15H,16H2,1-6H3. The van der Waals surface area contributed by atoms with Crippen molar-refractivity contribution in [2.75, 3.05) is 0 Å². The SMILES string of the molecule is CC(C)(C)C(Cl)(c1ccc(OCc2ccccc2)cc1)C(C)(C)C. The number of alkyl halides is 1. The van der Waals surface area contributed by atoms with Crippen LogP contribution >= 0.6 is 11.6 Å². The molecule has 0 aromatic heterocycles. The molecular formula is C22H29ClO. The molecule has 24 heavy (non-hydrogen) atoms. The normalized spacial score (nSPS) is 13.0. The molecule has 0 unspecified atom stereocenters. The minimum atomic E-state index is -0.460. The largest absolute Gasteiger partial charge is 0.489 e. The van der Waals surface area contributed by atoms with E-state index in [-0.39, 0.29) is 10.8 Å². The van der Waals surface area contributed by atoms with Gasteiger partial charge in [0, 0.05) is 0 Å². The maximum Gasteiger partial charge on any atom is 0.119 e. The summed E-state index contributed by atoms with van der Waals surface area (Å²) in [6, 6.07) is 18.4. The van der Waals surface area contributed by atoms with Gasteiger partial charge in [-0.05, 0) is 34.1 Å². The van der Waals surface area contributed by atoms with Crippen LogP contribution in [0.3, 0.4) is 0 Å². The van der Waals surface area contributed by atoms with Gasteiger partial charge in [0.15, 0.2) is 0 Å². The van der Waals surface area contributed by atoms with Gasteiger partial charge < -0.3 is 4.74 Å². The summed E-state index contributed by atoms with van der Waals surface area (Å²) in [7, 11) is 0. The van der Waals surface area contributed by atoms with E-state index in [9.17, 15) is 0 Å². The molecule has 0 N–H and O–H groups in total. The van der Waals surface area contributed by atoms with Crippen LogP contribution in [0.25, 0.3) is 0 Å². The molecule has 0 aliphatic carbocycles. The van der Waals surface area contributed by atoms with Crippen molar-refractivity contribution < 1.29 is 4.74 Å². The minimum absolute atomic E-state index is 0.0702. The Kier molecular flexibility index (Phi) is 5.34. The van der Waals surface area contributed by atoms with Crippen LogP contribution in [0, 0.1) is 10.8 Å². The Balaban J connectivity index is 2.21. The van der Waals surface area contributed by atoms with Gasteiger partial charge in [-0.2, -0.15) is 0 Å². The first-order valence-electron chi connectivity index (χ1n) is 8.52. The minimum Gasteiger partial charge on any atom is -0.489 e. The van der Waals surface area contributed by atoms with Crippen LogP contribution in [0.1, 0.15) is 52.7 Å². The fourth-order valence-electron chi connectivity index (χ4n) is 3.51. The van der Waals surface area contributed by atoms with E-state index in [4.69, 9.17) is 16.3 Å². The van der Waals surface area contributed by atoms with E-state index in [1.807, 2.05) is 30.3 Å². The Morgan fingerprint density at radius 2 is 1.25 bits per heavy atom. The number of ether oxygens (including phenoxy) is 1. The highest BCUT2D eigenvalue weighted by molar-refractivity contribution is 6.25. The van der Waals surface area contributed by atoms with Crippen LogP contribution < -0.4 is 4.74 Å². The van der Waals surface area contributed by atoms with Gasteiger partial charge in [-0.3, -0.25) is 0 Å². The lowest BCUT2D eigenvalue weighted by molar-refractivity contribution is 0.133. The summed E-state index contributed by atoms with van der Waals surface area (Å²) in [6.07, 6.45) is 0. The monoisotopic (exact) mass is 344 g/mol. The zero-order chi connectivity index (χ0) is 18.0. The Morgan fingerprint density at radius 1 is 0.750 bits per heavy atom. The number of rotatable bonds is 4. The van der Waals surface area contributed by atoms with E-state index in [2.05, 4.69) is 65.8 Å². The Labute approximate surface area is 152 Å². The van der Waals surface area contributed by atoms with E-state index in [0.29, 0.717) is 6.61 Å². The van der Waals surface area contributed by atoms with Gasteiger partial charge in [0.2, 0.25) is 0 Å². The van der Waals surface area contributed by atoms with Crippen LogP contribution in [-0.2, 0) is 11.5 Å². The van der Waals surface area contributed by atoms with Gasteiger partial charge in [0.05, 0.1) is 4.87 Å². The highest BCUT2D eigenvalue weighted by atomic mass is 35.5. The summed E-state index contributed by atoms with van der Waals surface area (Å²) in [5, 5.41) is 0. The second-order valence-electron chi connectivity index (χ2n) is 8.46. The van der Waals surface area contributed by atoms with E-state index >= 15 is 0 Å². The second-order valence-corrected chi connectivity index (χ2v) is 9.02. The highest BCUT2D eigenvalue weighted by Gasteiger charge is 2.50. The molecule has 0 saturated heterocycles. The zero-order valence-corrected chi connectivity index (χ0v) is 16.4. The van der Waals surface area contributed by atoms with Crippen LogP contribution in [0.15, 0.2) is 54.6 Å². The smallest absolute Gasteiger partial charge is 0.119 e. The fraction of sp³-hybridized carbons (Fsp3) is 0.455. The first-order chi connectivity index (χ1) is 11.1. The van der Waals surface area contributed by atoms with Crippen molar-refractivity contribution in [3.05, 3.63) is 65.7 Å². The molecule has 0 heterocycles. The average Bonchev–Trinajstić information content (AvgIpc) is 2.51. The number of benzene rings is 2. The van der Waals surface area contributed by atoms with Crippen molar-refractivity contribution in [3.8, 4) is 5.75 Å². The molecule has 1 nitrogen and oxygen atoms in total. The first kappa shape index (κ1) is 18.9. The quantitative estimate of drug-likeness (QED) is 0.554. The van der Waals surface area contributed by atoms with Crippen molar-refractivity contribution >= 4 is 11.6 Å². The fourth-order valence-corrected chi connectivity index (χ4v) is 3.64. The third-order valence-electron chi connectivity index (χ3n) is 4.57. The summed E-state index contributed by atoms with van der Waals surface area (Å²) in [5.41, 5.74) is 2.16. The molecule has 130 valence electrons. The molecule has 0 radical (unpaired) electrons. The lowest BCUT2D eigenvalue weighted by atomic mass is 9.63. The average molecular weight is 345 g/mol. The molecule has 0 aliphatic rings. The van der Waals surface area contributed by atoms with Crippen molar-refractivity contribution in [1.82, 2.24) is 0 Å². The van der Waals surface area contributed by atoms with Crippen LogP contribution in [-0.4, -0.2) is 0 Å². The molecule has 0 saturated carbocycles. The summed E-state index contributed by atoms with van der Waals surface area (Å²) < 4.78 is 5.89. The van der Waals surface area contributed by atoms with Crippen molar-refractivity contribution in [2.24, 2.45) is 10.8 Å². The third-order valence-corrected chi connectivity index (χ3v) is 5.92. The molecule has 0 bridgehead atoms. The predicted octanol–water partition coefficient (Wildman–Crippen LogP) is 6.79. The molecule has 0 atom stereocenters. The molecular weight excluding hydrogens is 316 g/mol. The predicted molar refractivity (Wildman–Crippen MR) is 104 cm³/mol. The lowest BCUT2D eigenvalue weighted by Crippen LogP contribution is -2.45. The molecule has 2 aromatic rings. The molecule has 2 rings (SSSR count). The summed E-state index contributed by atoms with van der Waals surface area (Å²) in [6.45, 7) is 13.8. The van der Waals surface area contributed by atoms with Gasteiger partial charge in [0.25, 0.3) is 0 Å². The molecule has 0 spiro atoms. The zero-order valence-electron chi connectivity index (χ0n) is 15.7.